The van der Waals surface area contributed by atoms with Crippen molar-refractivity contribution >= 4 is 17.6 Å². The predicted molar refractivity (Wildman–Crippen MR) is 70.0 cm³/mol. The lowest BCUT2D eigenvalue weighted by molar-refractivity contribution is 0.0697. The number of rotatable bonds is 4. The van der Waals surface area contributed by atoms with Crippen molar-refractivity contribution in [2.75, 3.05) is 12.4 Å². The topological polar surface area (TPSA) is 84.3 Å². The van der Waals surface area contributed by atoms with Crippen LogP contribution in [-0.4, -0.2) is 28.2 Å². The highest BCUT2D eigenvalue weighted by atomic mass is 16.5. The fourth-order valence-electron chi connectivity index (χ4n) is 1.53. The van der Waals surface area contributed by atoms with E-state index in [0.717, 1.165) is 5.69 Å². The van der Waals surface area contributed by atoms with Crippen molar-refractivity contribution in [1.29, 1.82) is 0 Å². The molecule has 98 valence electrons. The van der Waals surface area contributed by atoms with Crippen molar-refractivity contribution in [2.45, 2.75) is 6.92 Å². The van der Waals surface area contributed by atoms with Crippen molar-refractivity contribution in [3.8, 4) is 5.88 Å². The van der Waals surface area contributed by atoms with Crippen LogP contribution in [0.2, 0.25) is 0 Å². The molecule has 6 heteroatoms. The third kappa shape index (κ3) is 3.19. The normalized spacial score (nSPS) is 10.0. The van der Waals surface area contributed by atoms with Gasteiger partial charge in [0.25, 0.3) is 0 Å². The van der Waals surface area contributed by atoms with Gasteiger partial charge in [0.1, 0.15) is 0 Å². The van der Waals surface area contributed by atoms with E-state index in [1.807, 2.05) is 6.92 Å². The molecule has 0 fully saturated rings. The van der Waals surface area contributed by atoms with Gasteiger partial charge in [-0.1, -0.05) is 0 Å². The third-order valence-electron chi connectivity index (χ3n) is 2.43. The molecule has 0 saturated heterocycles. The SMILES string of the molecule is COc1cc(C)nc(Nc2ccc(C(=O)O)cc2)n1. The van der Waals surface area contributed by atoms with Crippen LogP contribution in [0.3, 0.4) is 0 Å². The van der Waals surface area contributed by atoms with Gasteiger partial charge < -0.3 is 15.2 Å². The molecule has 0 aliphatic rings. The first-order chi connectivity index (χ1) is 9.08. The largest absolute Gasteiger partial charge is 0.481 e. The van der Waals surface area contributed by atoms with Gasteiger partial charge in [0, 0.05) is 17.4 Å². The molecule has 1 aromatic heterocycles. The molecule has 0 bridgehead atoms. The second kappa shape index (κ2) is 5.34. The Hall–Kier alpha value is -2.63. The zero-order valence-electron chi connectivity index (χ0n) is 10.5. The Morgan fingerprint density at radius 1 is 1.26 bits per heavy atom. The highest BCUT2D eigenvalue weighted by molar-refractivity contribution is 5.88. The standard InChI is InChI=1S/C13H13N3O3/c1-8-7-11(19-2)16-13(14-8)15-10-5-3-9(4-6-10)12(17)18/h3-7H,1-2H3,(H,17,18)(H,14,15,16). The Morgan fingerprint density at radius 2 is 1.95 bits per heavy atom. The Kier molecular flexibility index (Phi) is 3.61. The number of carboxylic acids is 1. The van der Waals surface area contributed by atoms with Crippen LogP contribution in [0.15, 0.2) is 30.3 Å². The molecule has 6 nitrogen and oxygen atoms in total. The molecule has 2 aromatic rings. The van der Waals surface area contributed by atoms with Gasteiger partial charge in [0.05, 0.1) is 12.7 Å². The molecule has 0 saturated carbocycles. The Morgan fingerprint density at radius 3 is 2.53 bits per heavy atom. The monoisotopic (exact) mass is 259 g/mol. The number of carbonyl (C=O) groups is 1. The van der Waals surface area contributed by atoms with Crippen LogP contribution in [0.1, 0.15) is 16.1 Å². The number of aryl methyl sites for hydroxylation is 1. The van der Waals surface area contributed by atoms with E-state index in [2.05, 4.69) is 15.3 Å². The fraction of sp³-hybridized carbons (Fsp3) is 0.154. The van der Waals surface area contributed by atoms with Crippen molar-refractivity contribution in [3.05, 3.63) is 41.6 Å². The number of carboxylic acid groups (broad SMARTS) is 1. The second-order valence-electron chi connectivity index (χ2n) is 3.88. The van der Waals surface area contributed by atoms with Gasteiger partial charge in [-0.05, 0) is 31.2 Å². The predicted octanol–water partition coefficient (Wildman–Crippen LogP) is 2.24. The van der Waals surface area contributed by atoms with E-state index < -0.39 is 5.97 Å². The first-order valence-electron chi connectivity index (χ1n) is 5.58. The molecule has 0 unspecified atom stereocenters. The van der Waals surface area contributed by atoms with E-state index in [-0.39, 0.29) is 5.56 Å². The molecule has 0 radical (unpaired) electrons. The minimum atomic E-state index is -0.958. The van der Waals surface area contributed by atoms with E-state index in [1.54, 1.807) is 18.2 Å². The van der Waals surface area contributed by atoms with E-state index in [4.69, 9.17) is 9.84 Å². The number of nitrogens with one attached hydrogen (secondary N) is 1. The Balaban J connectivity index is 2.21. The maximum atomic E-state index is 10.7. The van der Waals surface area contributed by atoms with Gasteiger partial charge in [0.2, 0.25) is 11.8 Å². The molecule has 2 N–H and O–H groups in total. The number of anilines is 2. The van der Waals surface area contributed by atoms with Crippen molar-refractivity contribution in [2.24, 2.45) is 0 Å². The lowest BCUT2D eigenvalue weighted by Crippen LogP contribution is -2.01. The summed E-state index contributed by atoms with van der Waals surface area (Å²) in [6, 6.07) is 8.05. The van der Waals surface area contributed by atoms with Crippen LogP contribution in [0, 0.1) is 6.92 Å². The molecule has 1 aromatic carbocycles. The van der Waals surface area contributed by atoms with Crippen molar-refractivity contribution in [3.63, 3.8) is 0 Å². The smallest absolute Gasteiger partial charge is 0.335 e. The van der Waals surface area contributed by atoms with Gasteiger partial charge in [-0.3, -0.25) is 0 Å². The highest BCUT2D eigenvalue weighted by Crippen LogP contribution is 2.17. The summed E-state index contributed by atoms with van der Waals surface area (Å²) in [5.41, 5.74) is 1.71. The minimum Gasteiger partial charge on any atom is -0.481 e. The van der Waals surface area contributed by atoms with Gasteiger partial charge in [-0.25, -0.2) is 9.78 Å². The molecular weight excluding hydrogens is 246 g/mol. The Labute approximate surface area is 110 Å². The van der Waals surface area contributed by atoms with Crippen molar-refractivity contribution in [1.82, 2.24) is 9.97 Å². The molecule has 1 heterocycles. The van der Waals surface area contributed by atoms with Crippen LogP contribution < -0.4 is 10.1 Å². The zero-order chi connectivity index (χ0) is 13.8. The minimum absolute atomic E-state index is 0.230. The lowest BCUT2D eigenvalue weighted by Gasteiger charge is -2.07. The quantitative estimate of drug-likeness (QED) is 0.875. The molecule has 0 atom stereocenters. The van der Waals surface area contributed by atoms with Crippen LogP contribution in [0.25, 0.3) is 0 Å². The van der Waals surface area contributed by atoms with Gasteiger partial charge in [0.15, 0.2) is 0 Å². The van der Waals surface area contributed by atoms with Crippen molar-refractivity contribution < 1.29 is 14.6 Å². The van der Waals surface area contributed by atoms with Crippen LogP contribution in [0.4, 0.5) is 11.6 Å². The van der Waals surface area contributed by atoms with Gasteiger partial charge in [-0.15, -0.1) is 0 Å². The average molecular weight is 259 g/mol. The fourth-order valence-corrected chi connectivity index (χ4v) is 1.53. The van der Waals surface area contributed by atoms with Crippen LogP contribution >= 0.6 is 0 Å². The molecule has 19 heavy (non-hydrogen) atoms. The second-order valence-corrected chi connectivity index (χ2v) is 3.88. The van der Waals surface area contributed by atoms with E-state index in [0.29, 0.717) is 17.5 Å². The summed E-state index contributed by atoms with van der Waals surface area (Å²) in [6.07, 6.45) is 0. The van der Waals surface area contributed by atoms with Gasteiger partial charge >= 0.3 is 5.97 Å². The summed E-state index contributed by atoms with van der Waals surface area (Å²) < 4.78 is 5.06. The molecule has 0 spiro atoms. The summed E-state index contributed by atoms with van der Waals surface area (Å²) in [4.78, 5) is 19.1. The van der Waals surface area contributed by atoms with E-state index >= 15 is 0 Å². The zero-order valence-corrected chi connectivity index (χ0v) is 10.5. The number of aromatic carboxylic acids is 1. The number of methoxy groups -OCH3 is 1. The number of hydrogen-bond acceptors (Lipinski definition) is 5. The number of benzene rings is 1. The summed E-state index contributed by atoms with van der Waals surface area (Å²) in [5, 5.41) is 11.8. The Bertz CT molecular complexity index is 597. The molecular formula is C13H13N3O3. The van der Waals surface area contributed by atoms with E-state index in [1.165, 1.54) is 19.2 Å². The van der Waals surface area contributed by atoms with Gasteiger partial charge in [-0.2, -0.15) is 4.98 Å². The van der Waals surface area contributed by atoms with Crippen LogP contribution in [0.5, 0.6) is 5.88 Å². The lowest BCUT2D eigenvalue weighted by atomic mass is 10.2. The highest BCUT2D eigenvalue weighted by Gasteiger charge is 2.05. The molecule has 2 rings (SSSR count). The molecule has 0 aliphatic heterocycles. The van der Waals surface area contributed by atoms with E-state index in [9.17, 15) is 4.79 Å². The number of nitrogens with zero attached hydrogens (tertiary/aromatic N) is 2. The summed E-state index contributed by atoms with van der Waals surface area (Å²) >= 11 is 0. The summed E-state index contributed by atoms with van der Waals surface area (Å²) in [5.74, 6) is -0.0860. The third-order valence-corrected chi connectivity index (χ3v) is 2.43. The number of ether oxygens (including phenoxy) is 1. The molecule has 0 amide bonds. The van der Waals surface area contributed by atoms with Crippen LogP contribution in [-0.2, 0) is 0 Å². The number of aromatic nitrogens is 2. The number of hydrogen-bond donors (Lipinski definition) is 2. The average Bonchev–Trinajstić information content (AvgIpc) is 2.38. The molecule has 0 aliphatic carbocycles. The maximum absolute atomic E-state index is 10.7. The summed E-state index contributed by atoms with van der Waals surface area (Å²) in [7, 11) is 1.53. The summed E-state index contributed by atoms with van der Waals surface area (Å²) in [6.45, 7) is 1.84. The first-order valence-corrected chi connectivity index (χ1v) is 5.58. The first kappa shape index (κ1) is 12.8. The maximum Gasteiger partial charge on any atom is 0.335 e.